The van der Waals surface area contributed by atoms with Gasteiger partial charge in [-0.05, 0) is 40.2 Å². The molecule has 2 aromatic rings. The highest BCUT2D eigenvalue weighted by atomic mass is 32.1. The summed E-state index contributed by atoms with van der Waals surface area (Å²) in [5.41, 5.74) is 2.28. The zero-order chi connectivity index (χ0) is 13.4. The molecule has 3 heterocycles. The number of piperidine rings is 1. The molecule has 1 N–H and O–H groups in total. The molecule has 3 rings (SSSR count). The molecular formula is C14H19N3S2. The van der Waals surface area contributed by atoms with Crippen LogP contribution in [0.4, 0.5) is 0 Å². The van der Waals surface area contributed by atoms with Gasteiger partial charge in [-0.1, -0.05) is 0 Å². The van der Waals surface area contributed by atoms with Crippen LogP contribution >= 0.6 is 22.7 Å². The van der Waals surface area contributed by atoms with E-state index in [1.165, 1.54) is 27.6 Å². The summed E-state index contributed by atoms with van der Waals surface area (Å²) in [7, 11) is 0. The molecule has 0 bridgehead atoms. The van der Waals surface area contributed by atoms with E-state index in [2.05, 4.69) is 31.1 Å². The fourth-order valence-electron chi connectivity index (χ4n) is 2.62. The number of hydrogen-bond acceptors (Lipinski definition) is 5. The van der Waals surface area contributed by atoms with Crippen molar-refractivity contribution in [3.8, 4) is 10.6 Å². The summed E-state index contributed by atoms with van der Waals surface area (Å²) in [4.78, 5) is 12.0. The van der Waals surface area contributed by atoms with Gasteiger partial charge in [0.25, 0.3) is 0 Å². The van der Waals surface area contributed by atoms with Gasteiger partial charge >= 0.3 is 0 Å². The number of nitrogens with zero attached hydrogens (tertiary/aromatic N) is 2. The van der Waals surface area contributed by atoms with Crippen molar-refractivity contribution in [3.63, 3.8) is 0 Å². The Balaban J connectivity index is 1.95. The van der Waals surface area contributed by atoms with Gasteiger partial charge in [-0.15, -0.1) is 22.7 Å². The summed E-state index contributed by atoms with van der Waals surface area (Å²) < 4.78 is 0. The van der Waals surface area contributed by atoms with E-state index < -0.39 is 0 Å². The van der Waals surface area contributed by atoms with Crippen molar-refractivity contribution in [2.45, 2.75) is 39.5 Å². The molecule has 0 saturated carbocycles. The van der Waals surface area contributed by atoms with Crippen LogP contribution < -0.4 is 5.32 Å². The van der Waals surface area contributed by atoms with Gasteiger partial charge in [0.15, 0.2) is 0 Å². The molecule has 1 aliphatic heterocycles. The summed E-state index contributed by atoms with van der Waals surface area (Å²) in [6.45, 7) is 8.56. The Kier molecular flexibility index (Phi) is 3.69. The fourth-order valence-corrected chi connectivity index (χ4v) is 4.71. The molecule has 3 nitrogen and oxygen atoms in total. The van der Waals surface area contributed by atoms with E-state index in [0.717, 1.165) is 29.5 Å². The largest absolute Gasteiger partial charge is 0.316 e. The third-order valence-electron chi connectivity index (χ3n) is 3.58. The van der Waals surface area contributed by atoms with Crippen LogP contribution in [0.1, 0.15) is 39.3 Å². The monoisotopic (exact) mass is 293 g/mol. The first-order chi connectivity index (χ1) is 9.15. The van der Waals surface area contributed by atoms with Crippen molar-refractivity contribution in [2.24, 2.45) is 0 Å². The Hall–Kier alpha value is -0.780. The van der Waals surface area contributed by atoms with Crippen molar-refractivity contribution in [1.29, 1.82) is 0 Å². The lowest BCUT2D eigenvalue weighted by atomic mass is 10.0. The Morgan fingerprint density at radius 2 is 2.00 bits per heavy atom. The first-order valence-electron chi connectivity index (χ1n) is 6.77. The summed E-state index contributed by atoms with van der Waals surface area (Å²) in [5, 5.41) is 5.90. The molecule has 1 aliphatic rings. The summed E-state index contributed by atoms with van der Waals surface area (Å²) in [5.74, 6) is 0.598. The Morgan fingerprint density at radius 1 is 1.16 bits per heavy atom. The highest BCUT2D eigenvalue weighted by Crippen LogP contribution is 2.37. The quantitative estimate of drug-likeness (QED) is 0.918. The minimum absolute atomic E-state index is 0.598. The van der Waals surface area contributed by atoms with Crippen molar-refractivity contribution in [1.82, 2.24) is 15.3 Å². The van der Waals surface area contributed by atoms with Crippen molar-refractivity contribution < 1.29 is 0 Å². The number of hydrogen-bond donors (Lipinski definition) is 1. The molecule has 1 unspecified atom stereocenters. The lowest BCUT2D eigenvalue weighted by Crippen LogP contribution is -2.28. The van der Waals surface area contributed by atoms with Gasteiger partial charge in [-0.25, -0.2) is 9.97 Å². The average Bonchev–Trinajstić information content (AvgIpc) is 2.93. The molecule has 1 fully saturated rings. The zero-order valence-corrected chi connectivity index (χ0v) is 13.2. The number of nitrogens with one attached hydrogen (secondary N) is 1. The molecule has 102 valence electrons. The van der Waals surface area contributed by atoms with Gasteiger partial charge in [0.05, 0.1) is 26.3 Å². The molecule has 0 aromatic carbocycles. The summed E-state index contributed by atoms with van der Waals surface area (Å²) in [6.07, 6.45) is 2.53. The van der Waals surface area contributed by atoms with Crippen LogP contribution in [0.3, 0.4) is 0 Å². The normalized spacial score (nSPS) is 19.8. The molecule has 1 atom stereocenters. The zero-order valence-electron chi connectivity index (χ0n) is 11.6. The number of aryl methyl sites for hydroxylation is 3. The molecule has 0 radical (unpaired) electrons. The molecule has 0 amide bonds. The average molecular weight is 293 g/mol. The number of aromatic nitrogens is 2. The fraction of sp³-hybridized carbons (Fsp3) is 0.571. The molecule has 1 saturated heterocycles. The third-order valence-corrected chi connectivity index (χ3v) is 5.79. The Labute approximate surface area is 122 Å². The predicted octanol–water partition coefficient (Wildman–Crippen LogP) is 3.66. The van der Waals surface area contributed by atoms with E-state index in [1.807, 2.05) is 11.3 Å². The SMILES string of the molecule is Cc1nc(C)c(-c2nc(C3CCCNC3)sc2C)s1. The van der Waals surface area contributed by atoms with Crippen molar-refractivity contribution in [2.75, 3.05) is 13.1 Å². The summed E-state index contributed by atoms with van der Waals surface area (Å²) in [6, 6.07) is 0. The number of rotatable bonds is 2. The first-order valence-corrected chi connectivity index (χ1v) is 8.41. The minimum Gasteiger partial charge on any atom is -0.316 e. The Morgan fingerprint density at radius 3 is 2.63 bits per heavy atom. The second-order valence-corrected chi connectivity index (χ2v) is 7.59. The third kappa shape index (κ3) is 2.59. The van der Waals surface area contributed by atoms with E-state index >= 15 is 0 Å². The van der Waals surface area contributed by atoms with Crippen LogP contribution in [0.5, 0.6) is 0 Å². The van der Waals surface area contributed by atoms with Gasteiger partial charge in [0.1, 0.15) is 0 Å². The highest BCUT2D eigenvalue weighted by molar-refractivity contribution is 7.16. The van der Waals surface area contributed by atoms with Crippen LogP contribution in [-0.4, -0.2) is 23.1 Å². The van der Waals surface area contributed by atoms with Crippen molar-refractivity contribution in [3.05, 3.63) is 20.6 Å². The highest BCUT2D eigenvalue weighted by Gasteiger charge is 2.22. The van der Waals surface area contributed by atoms with Gasteiger partial charge in [0.2, 0.25) is 0 Å². The smallest absolute Gasteiger partial charge is 0.0979 e. The lowest BCUT2D eigenvalue weighted by molar-refractivity contribution is 0.460. The minimum atomic E-state index is 0.598. The predicted molar refractivity (Wildman–Crippen MR) is 82.3 cm³/mol. The molecule has 0 aliphatic carbocycles. The van der Waals surface area contributed by atoms with Crippen LogP contribution in [0.15, 0.2) is 0 Å². The standard InChI is InChI=1S/C14H19N3S2/c1-8-13(19-10(3)16-8)12-9(2)18-14(17-12)11-5-4-6-15-7-11/h11,15H,4-7H2,1-3H3. The summed E-state index contributed by atoms with van der Waals surface area (Å²) >= 11 is 3.62. The van der Waals surface area contributed by atoms with Gasteiger partial charge in [-0.2, -0.15) is 0 Å². The molecule has 5 heteroatoms. The van der Waals surface area contributed by atoms with E-state index in [1.54, 1.807) is 11.3 Å². The topological polar surface area (TPSA) is 37.8 Å². The van der Waals surface area contributed by atoms with Crippen LogP contribution in [-0.2, 0) is 0 Å². The van der Waals surface area contributed by atoms with E-state index in [0.29, 0.717) is 5.92 Å². The van der Waals surface area contributed by atoms with Crippen LogP contribution in [0, 0.1) is 20.8 Å². The maximum Gasteiger partial charge on any atom is 0.0979 e. The Bertz CT molecular complexity index is 580. The van der Waals surface area contributed by atoms with Gasteiger partial charge in [-0.3, -0.25) is 0 Å². The van der Waals surface area contributed by atoms with Crippen molar-refractivity contribution >= 4 is 22.7 Å². The second-order valence-electron chi connectivity index (χ2n) is 5.15. The van der Waals surface area contributed by atoms with Crippen LogP contribution in [0.2, 0.25) is 0 Å². The molecule has 2 aromatic heterocycles. The first kappa shape index (κ1) is 13.2. The van der Waals surface area contributed by atoms with E-state index in [4.69, 9.17) is 4.98 Å². The molecule has 0 spiro atoms. The second kappa shape index (κ2) is 5.31. The van der Waals surface area contributed by atoms with E-state index in [-0.39, 0.29) is 0 Å². The van der Waals surface area contributed by atoms with E-state index in [9.17, 15) is 0 Å². The van der Waals surface area contributed by atoms with Gasteiger partial charge in [0, 0.05) is 17.3 Å². The maximum absolute atomic E-state index is 4.93. The van der Waals surface area contributed by atoms with Gasteiger partial charge < -0.3 is 5.32 Å². The number of thiazole rings is 2. The maximum atomic E-state index is 4.93. The molecular weight excluding hydrogens is 274 g/mol. The van der Waals surface area contributed by atoms with Crippen LogP contribution in [0.25, 0.3) is 10.6 Å². The molecule has 19 heavy (non-hydrogen) atoms. The lowest BCUT2D eigenvalue weighted by Gasteiger charge is -2.20.